The van der Waals surface area contributed by atoms with Gasteiger partial charge in [-0.05, 0) is 55.2 Å². The second-order valence-electron chi connectivity index (χ2n) is 6.16. The third-order valence-electron chi connectivity index (χ3n) is 4.08. The predicted octanol–water partition coefficient (Wildman–Crippen LogP) is 2.00. The van der Waals surface area contributed by atoms with Gasteiger partial charge in [0, 0.05) is 19.6 Å². The number of nitrogens with one attached hydrogen (secondary N) is 1. The molecule has 118 valence electrons. The molecule has 0 aliphatic carbocycles. The molecular formula is C16H22N4OS. The first-order chi connectivity index (χ1) is 10.6. The first-order valence-corrected chi connectivity index (χ1v) is 8.56. The van der Waals surface area contributed by atoms with Gasteiger partial charge in [-0.3, -0.25) is 9.48 Å². The highest BCUT2D eigenvalue weighted by atomic mass is 32.1. The number of rotatable bonds is 5. The van der Waals surface area contributed by atoms with Gasteiger partial charge >= 0.3 is 0 Å². The number of aryl methyl sites for hydroxylation is 1. The molecule has 0 unspecified atom stereocenters. The fraction of sp³-hybridized carbons (Fsp3) is 0.500. The van der Waals surface area contributed by atoms with Gasteiger partial charge in [-0.15, -0.1) is 0 Å². The first kappa shape index (κ1) is 15.2. The molecule has 0 spiro atoms. The van der Waals surface area contributed by atoms with E-state index < -0.39 is 0 Å². The molecule has 2 aromatic rings. The molecule has 0 radical (unpaired) electrons. The highest BCUT2D eigenvalue weighted by Gasteiger charge is 2.25. The topological polar surface area (TPSA) is 50.2 Å². The Bertz CT molecular complexity index is 633. The Kier molecular flexibility index (Phi) is 4.59. The number of carbonyl (C=O) groups excluding carboxylic acids is 1. The van der Waals surface area contributed by atoms with E-state index in [-0.39, 0.29) is 5.91 Å². The standard InChI is InChI=1S/C16H22N4OS/c1-19(2)10-12-3-5-20-15(7-12)14(9-18-20)16(21)17-8-13-4-6-22-11-13/h4,6,9,11-12H,3,5,7-8,10H2,1-2H3,(H,17,21)/t12-/m1/s1. The minimum atomic E-state index is -0.0158. The van der Waals surface area contributed by atoms with Crippen LogP contribution in [0.2, 0.25) is 0 Å². The largest absolute Gasteiger partial charge is 0.348 e. The highest BCUT2D eigenvalue weighted by Crippen LogP contribution is 2.23. The quantitative estimate of drug-likeness (QED) is 0.917. The fourth-order valence-corrected chi connectivity index (χ4v) is 3.70. The number of carbonyl (C=O) groups is 1. The minimum Gasteiger partial charge on any atom is -0.348 e. The monoisotopic (exact) mass is 318 g/mol. The summed E-state index contributed by atoms with van der Waals surface area (Å²) in [4.78, 5) is 14.6. The van der Waals surface area contributed by atoms with Crippen molar-refractivity contribution in [1.82, 2.24) is 20.0 Å². The number of nitrogens with zero attached hydrogens (tertiary/aromatic N) is 3. The zero-order valence-electron chi connectivity index (χ0n) is 13.1. The summed E-state index contributed by atoms with van der Waals surface area (Å²) in [7, 11) is 4.20. The Morgan fingerprint density at radius 1 is 1.55 bits per heavy atom. The lowest BCUT2D eigenvalue weighted by molar-refractivity contribution is 0.0949. The fourth-order valence-electron chi connectivity index (χ4n) is 3.03. The van der Waals surface area contributed by atoms with Crippen LogP contribution in [0.5, 0.6) is 0 Å². The summed E-state index contributed by atoms with van der Waals surface area (Å²) in [6.07, 6.45) is 3.78. The van der Waals surface area contributed by atoms with E-state index in [0.29, 0.717) is 12.5 Å². The molecule has 5 nitrogen and oxygen atoms in total. The third kappa shape index (κ3) is 3.39. The van der Waals surface area contributed by atoms with Crippen LogP contribution in [0.3, 0.4) is 0 Å². The summed E-state index contributed by atoms with van der Waals surface area (Å²) in [6.45, 7) is 2.54. The van der Waals surface area contributed by atoms with Gasteiger partial charge in [0.25, 0.3) is 5.91 Å². The van der Waals surface area contributed by atoms with E-state index in [0.717, 1.165) is 42.8 Å². The van der Waals surface area contributed by atoms with E-state index >= 15 is 0 Å². The molecule has 22 heavy (non-hydrogen) atoms. The molecule has 1 aliphatic heterocycles. The van der Waals surface area contributed by atoms with E-state index in [4.69, 9.17) is 0 Å². The Hall–Kier alpha value is -1.66. The second-order valence-corrected chi connectivity index (χ2v) is 6.94. The number of aromatic nitrogens is 2. The van der Waals surface area contributed by atoms with Crippen LogP contribution in [-0.4, -0.2) is 41.2 Å². The Balaban J connectivity index is 1.67. The molecule has 1 amide bonds. The normalized spacial score (nSPS) is 17.5. The summed E-state index contributed by atoms with van der Waals surface area (Å²) < 4.78 is 1.99. The molecule has 6 heteroatoms. The van der Waals surface area contributed by atoms with Gasteiger partial charge in [-0.25, -0.2) is 0 Å². The molecule has 0 fully saturated rings. The molecule has 3 rings (SSSR count). The van der Waals surface area contributed by atoms with Crippen LogP contribution >= 0.6 is 11.3 Å². The average Bonchev–Trinajstić information content (AvgIpc) is 3.13. The number of hydrogen-bond acceptors (Lipinski definition) is 4. The SMILES string of the molecule is CN(C)C[C@@H]1CCn2ncc(C(=O)NCc3ccsc3)c2C1. The van der Waals surface area contributed by atoms with Crippen molar-refractivity contribution in [1.29, 1.82) is 0 Å². The van der Waals surface area contributed by atoms with Crippen molar-refractivity contribution in [3.05, 3.63) is 39.8 Å². The average molecular weight is 318 g/mol. The third-order valence-corrected chi connectivity index (χ3v) is 4.81. The zero-order valence-corrected chi connectivity index (χ0v) is 13.9. The maximum absolute atomic E-state index is 12.4. The number of fused-ring (bicyclic) bond motifs is 1. The van der Waals surface area contributed by atoms with E-state index in [2.05, 4.69) is 34.8 Å². The van der Waals surface area contributed by atoms with Crippen LogP contribution in [0.4, 0.5) is 0 Å². The smallest absolute Gasteiger partial charge is 0.255 e. The molecule has 0 saturated carbocycles. The van der Waals surface area contributed by atoms with Gasteiger partial charge in [-0.2, -0.15) is 16.4 Å². The van der Waals surface area contributed by atoms with Crippen LogP contribution in [0.15, 0.2) is 23.0 Å². The summed E-state index contributed by atoms with van der Waals surface area (Å²) in [5.74, 6) is 0.584. The highest BCUT2D eigenvalue weighted by molar-refractivity contribution is 7.07. The first-order valence-electron chi connectivity index (χ1n) is 7.62. The Morgan fingerprint density at radius 3 is 3.14 bits per heavy atom. The van der Waals surface area contributed by atoms with E-state index in [9.17, 15) is 4.79 Å². The predicted molar refractivity (Wildman–Crippen MR) is 88.1 cm³/mol. The van der Waals surface area contributed by atoms with Crippen LogP contribution in [0.25, 0.3) is 0 Å². The van der Waals surface area contributed by atoms with Crippen LogP contribution < -0.4 is 5.32 Å². The lowest BCUT2D eigenvalue weighted by atomic mass is 9.94. The van der Waals surface area contributed by atoms with Crippen molar-refractivity contribution in [2.75, 3.05) is 20.6 Å². The number of thiophene rings is 1. The van der Waals surface area contributed by atoms with Gasteiger partial charge in [0.1, 0.15) is 0 Å². The molecule has 1 N–H and O–H groups in total. The van der Waals surface area contributed by atoms with Gasteiger partial charge in [0.15, 0.2) is 0 Å². The summed E-state index contributed by atoms with van der Waals surface area (Å²) >= 11 is 1.65. The van der Waals surface area contributed by atoms with Crippen molar-refractivity contribution in [3.8, 4) is 0 Å². The van der Waals surface area contributed by atoms with Crippen molar-refractivity contribution in [2.45, 2.75) is 25.9 Å². The van der Waals surface area contributed by atoms with Gasteiger partial charge in [-0.1, -0.05) is 0 Å². The Morgan fingerprint density at radius 2 is 2.41 bits per heavy atom. The Labute approximate surface area is 134 Å². The zero-order chi connectivity index (χ0) is 15.5. The minimum absolute atomic E-state index is 0.0158. The summed E-state index contributed by atoms with van der Waals surface area (Å²) in [6, 6.07) is 2.03. The van der Waals surface area contributed by atoms with Gasteiger partial charge in [0.2, 0.25) is 0 Å². The molecular weight excluding hydrogens is 296 g/mol. The molecule has 0 bridgehead atoms. The maximum atomic E-state index is 12.4. The van der Waals surface area contributed by atoms with Crippen molar-refractivity contribution < 1.29 is 4.79 Å². The number of hydrogen-bond donors (Lipinski definition) is 1. The maximum Gasteiger partial charge on any atom is 0.255 e. The number of amides is 1. The van der Waals surface area contributed by atoms with Gasteiger partial charge in [0.05, 0.1) is 17.5 Å². The van der Waals surface area contributed by atoms with E-state index in [1.165, 1.54) is 0 Å². The van der Waals surface area contributed by atoms with E-state index in [1.807, 2.05) is 16.1 Å². The molecule has 2 aromatic heterocycles. The molecule has 3 heterocycles. The lowest BCUT2D eigenvalue weighted by Crippen LogP contribution is -2.30. The molecule has 1 aliphatic rings. The summed E-state index contributed by atoms with van der Waals surface area (Å²) in [5.41, 5.74) is 2.96. The van der Waals surface area contributed by atoms with Gasteiger partial charge < -0.3 is 10.2 Å². The van der Waals surface area contributed by atoms with Crippen molar-refractivity contribution >= 4 is 17.2 Å². The summed E-state index contributed by atoms with van der Waals surface area (Å²) in [5, 5.41) is 11.5. The van der Waals surface area contributed by atoms with Crippen LogP contribution in [0, 0.1) is 5.92 Å². The van der Waals surface area contributed by atoms with Crippen molar-refractivity contribution in [3.63, 3.8) is 0 Å². The van der Waals surface area contributed by atoms with E-state index in [1.54, 1.807) is 17.5 Å². The second kappa shape index (κ2) is 6.62. The molecule has 1 atom stereocenters. The molecule has 0 saturated heterocycles. The molecule has 0 aromatic carbocycles. The van der Waals surface area contributed by atoms with Crippen LogP contribution in [0.1, 0.15) is 28.0 Å². The van der Waals surface area contributed by atoms with Crippen molar-refractivity contribution in [2.24, 2.45) is 5.92 Å². The lowest BCUT2D eigenvalue weighted by Gasteiger charge is -2.26. The van der Waals surface area contributed by atoms with Crippen LogP contribution in [-0.2, 0) is 19.5 Å².